The van der Waals surface area contributed by atoms with Gasteiger partial charge < -0.3 is 0 Å². The number of benzene rings is 2. The van der Waals surface area contributed by atoms with Gasteiger partial charge in [0.2, 0.25) is 0 Å². The first-order valence-corrected chi connectivity index (χ1v) is 9.90. The second-order valence-corrected chi connectivity index (χ2v) is 7.30. The second kappa shape index (κ2) is 8.14. The van der Waals surface area contributed by atoms with Crippen molar-refractivity contribution in [3.63, 3.8) is 0 Å². The second-order valence-electron chi connectivity index (χ2n) is 5.50. The Morgan fingerprint density at radius 2 is 1.80 bits per heavy atom. The van der Waals surface area contributed by atoms with Crippen LogP contribution in [0.4, 0.5) is 0 Å². The van der Waals surface area contributed by atoms with Crippen LogP contribution >= 0.6 is 23.1 Å². The van der Waals surface area contributed by atoms with Crippen LogP contribution in [0.25, 0.3) is 11.1 Å². The summed E-state index contributed by atoms with van der Waals surface area (Å²) in [5.74, 6) is -0.192. The number of carbonyl (C=O) groups excluding carboxylic acids is 1. The molecule has 2 aromatic carbocycles. The van der Waals surface area contributed by atoms with E-state index in [2.05, 4.69) is 10.5 Å². The van der Waals surface area contributed by atoms with E-state index in [9.17, 15) is 4.79 Å². The number of carbonyl (C=O) groups is 1. The van der Waals surface area contributed by atoms with Crippen molar-refractivity contribution < 1.29 is 4.79 Å². The van der Waals surface area contributed by atoms with Gasteiger partial charge in [-0.25, -0.2) is 5.43 Å². The normalized spacial score (nSPS) is 11.0. The number of nitrogens with one attached hydrogen (secondary N) is 1. The third-order valence-electron chi connectivity index (χ3n) is 3.73. The highest BCUT2D eigenvalue weighted by atomic mass is 32.2. The quantitative estimate of drug-likeness (QED) is 0.383. The van der Waals surface area contributed by atoms with Gasteiger partial charge in [0.05, 0.1) is 6.21 Å². The zero-order valence-corrected chi connectivity index (χ0v) is 15.7. The molecule has 1 amide bonds. The molecule has 3 aromatic rings. The molecule has 0 fully saturated rings. The fraction of sp³-hybridized carbons (Fsp3) is 0.100. The molecule has 0 spiro atoms. The van der Waals surface area contributed by atoms with Gasteiger partial charge in [0, 0.05) is 10.5 Å². The minimum Gasteiger partial charge on any atom is -0.266 e. The third kappa shape index (κ3) is 4.38. The lowest BCUT2D eigenvalue weighted by Crippen LogP contribution is -2.17. The van der Waals surface area contributed by atoms with Gasteiger partial charge in [-0.1, -0.05) is 42.0 Å². The first-order chi connectivity index (χ1) is 12.2. The summed E-state index contributed by atoms with van der Waals surface area (Å²) in [4.78, 5) is 14.3. The largest absolute Gasteiger partial charge is 0.282 e. The van der Waals surface area contributed by atoms with Gasteiger partial charge in [0.25, 0.3) is 5.91 Å². The van der Waals surface area contributed by atoms with Gasteiger partial charge in [-0.05, 0) is 47.9 Å². The predicted molar refractivity (Wildman–Crippen MR) is 108 cm³/mol. The first-order valence-electron chi connectivity index (χ1n) is 7.79. The van der Waals surface area contributed by atoms with E-state index >= 15 is 0 Å². The summed E-state index contributed by atoms with van der Waals surface area (Å²) in [7, 11) is 0. The lowest BCUT2D eigenvalue weighted by Gasteiger charge is -2.04. The number of hydrogen-bond acceptors (Lipinski definition) is 4. The molecule has 5 heteroatoms. The van der Waals surface area contributed by atoms with Crippen molar-refractivity contribution in [2.24, 2.45) is 5.10 Å². The summed E-state index contributed by atoms with van der Waals surface area (Å²) in [6.45, 7) is 2.05. The van der Waals surface area contributed by atoms with Crippen LogP contribution in [0.15, 0.2) is 70.0 Å². The van der Waals surface area contributed by atoms with E-state index in [0.29, 0.717) is 4.88 Å². The van der Waals surface area contributed by atoms with Crippen molar-refractivity contribution in [3.05, 3.63) is 76.0 Å². The first kappa shape index (κ1) is 17.5. The molecular weight excluding hydrogens is 348 g/mol. The Morgan fingerprint density at radius 3 is 2.48 bits per heavy atom. The zero-order chi connectivity index (χ0) is 17.6. The molecule has 25 heavy (non-hydrogen) atoms. The molecule has 1 N–H and O–H groups in total. The minimum atomic E-state index is -0.192. The van der Waals surface area contributed by atoms with E-state index in [1.807, 2.05) is 73.2 Å². The Hall–Kier alpha value is -2.37. The smallest absolute Gasteiger partial charge is 0.266 e. The number of thiophene rings is 1. The summed E-state index contributed by atoms with van der Waals surface area (Å²) >= 11 is 3.11. The van der Waals surface area contributed by atoms with Crippen molar-refractivity contribution in [1.29, 1.82) is 0 Å². The van der Waals surface area contributed by atoms with Crippen molar-refractivity contribution in [2.45, 2.75) is 11.8 Å². The summed E-state index contributed by atoms with van der Waals surface area (Å²) in [5, 5.41) is 6.00. The number of thioether (sulfide) groups is 1. The molecule has 0 atom stereocenters. The molecule has 0 aliphatic rings. The summed E-state index contributed by atoms with van der Waals surface area (Å²) in [6.07, 6.45) is 3.69. The van der Waals surface area contributed by atoms with Crippen LogP contribution in [-0.4, -0.2) is 18.4 Å². The molecule has 3 nitrogen and oxygen atoms in total. The number of hydrazone groups is 1. The Bertz CT molecular complexity index is 881. The topological polar surface area (TPSA) is 41.5 Å². The minimum absolute atomic E-state index is 0.192. The molecule has 0 aliphatic carbocycles. The average molecular weight is 367 g/mol. The van der Waals surface area contributed by atoms with Crippen LogP contribution in [0.1, 0.15) is 20.8 Å². The Kier molecular flexibility index (Phi) is 5.68. The van der Waals surface area contributed by atoms with Crippen molar-refractivity contribution in [3.8, 4) is 11.1 Å². The van der Waals surface area contributed by atoms with Gasteiger partial charge in [0.1, 0.15) is 4.88 Å². The maximum Gasteiger partial charge on any atom is 0.282 e. The Labute approximate surface area is 155 Å². The molecule has 1 heterocycles. The molecule has 0 aliphatic heterocycles. The highest BCUT2D eigenvalue weighted by Gasteiger charge is 2.13. The lowest BCUT2D eigenvalue weighted by molar-refractivity contribution is 0.0960. The number of aryl methyl sites for hydroxylation is 1. The molecule has 0 saturated carbocycles. The van der Waals surface area contributed by atoms with E-state index < -0.39 is 0 Å². The van der Waals surface area contributed by atoms with Crippen molar-refractivity contribution >= 4 is 35.2 Å². The fourth-order valence-corrected chi connectivity index (χ4v) is 3.57. The van der Waals surface area contributed by atoms with E-state index in [4.69, 9.17) is 0 Å². The summed E-state index contributed by atoms with van der Waals surface area (Å²) in [6, 6.07) is 18.1. The monoisotopic (exact) mass is 366 g/mol. The Balaban J connectivity index is 1.70. The molecule has 1 aromatic heterocycles. The highest BCUT2D eigenvalue weighted by molar-refractivity contribution is 7.98. The van der Waals surface area contributed by atoms with Gasteiger partial charge in [-0.2, -0.15) is 5.10 Å². The third-order valence-corrected chi connectivity index (χ3v) is 5.39. The number of hydrogen-bond donors (Lipinski definition) is 1. The van der Waals surface area contributed by atoms with Crippen LogP contribution in [0.2, 0.25) is 0 Å². The van der Waals surface area contributed by atoms with Gasteiger partial charge >= 0.3 is 0 Å². The maximum absolute atomic E-state index is 12.4. The van der Waals surface area contributed by atoms with Crippen LogP contribution in [0.5, 0.6) is 0 Å². The molecular formula is C20H18N2OS2. The summed E-state index contributed by atoms with van der Waals surface area (Å²) in [5.41, 5.74) is 6.73. The lowest BCUT2D eigenvalue weighted by atomic mass is 10.1. The Morgan fingerprint density at radius 1 is 1.08 bits per heavy atom. The van der Waals surface area contributed by atoms with Crippen LogP contribution in [0.3, 0.4) is 0 Å². The highest BCUT2D eigenvalue weighted by Crippen LogP contribution is 2.28. The van der Waals surface area contributed by atoms with Crippen LogP contribution in [0, 0.1) is 6.92 Å². The average Bonchev–Trinajstić information content (AvgIpc) is 3.13. The summed E-state index contributed by atoms with van der Waals surface area (Å²) < 4.78 is 0. The molecule has 0 radical (unpaired) electrons. The van der Waals surface area contributed by atoms with E-state index in [-0.39, 0.29) is 5.91 Å². The molecule has 0 saturated heterocycles. The number of rotatable bonds is 5. The predicted octanol–water partition coefficient (Wildman–Crippen LogP) is 5.21. The van der Waals surface area contributed by atoms with E-state index in [0.717, 1.165) is 16.7 Å². The molecule has 0 bridgehead atoms. The fourth-order valence-electron chi connectivity index (χ4n) is 2.35. The number of amides is 1. The van der Waals surface area contributed by atoms with Gasteiger partial charge in [-0.15, -0.1) is 23.1 Å². The van der Waals surface area contributed by atoms with Crippen molar-refractivity contribution in [1.82, 2.24) is 5.43 Å². The van der Waals surface area contributed by atoms with Crippen LogP contribution in [-0.2, 0) is 0 Å². The molecule has 3 rings (SSSR count). The SMILES string of the molecule is CSc1ccc(/C=N\NC(=O)c2sccc2-c2ccc(C)cc2)cc1. The van der Waals surface area contributed by atoms with Gasteiger partial charge in [-0.3, -0.25) is 4.79 Å². The van der Waals surface area contributed by atoms with E-state index in [1.165, 1.54) is 21.8 Å². The maximum atomic E-state index is 12.4. The number of nitrogens with zero attached hydrogens (tertiary/aromatic N) is 1. The molecule has 126 valence electrons. The standard InChI is InChI=1S/C20H18N2OS2/c1-14-3-7-16(8-4-14)18-11-12-25-19(18)20(23)22-21-13-15-5-9-17(24-2)10-6-15/h3-13H,1-2H3,(H,22,23)/b21-13-. The van der Waals surface area contributed by atoms with Crippen LogP contribution < -0.4 is 5.43 Å². The van der Waals surface area contributed by atoms with Crippen molar-refractivity contribution in [2.75, 3.05) is 6.26 Å². The zero-order valence-electron chi connectivity index (χ0n) is 14.0. The van der Waals surface area contributed by atoms with Gasteiger partial charge in [0.15, 0.2) is 0 Å². The molecule has 0 unspecified atom stereocenters. The van der Waals surface area contributed by atoms with E-state index in [1.54, 1.807) is 18.0 Å².